The molecule has 0 aromatic carbocycles. The molecule has 1 saturated heterocycles. The van der Waals surface area contributed by atoms with Gasteiger partial charge in [0.2, 0.25) is 0 Å². The van der Waals surface area contributed by atoms with E-state index in [0.29, 0.717) is 18.0 Å². The topological polar surface area (TPSA) is 60.2 Å². The minimum atomic E-state index is -0.487. The van der Waals surface area contributed by atoms with Gasteiger partial charge in [-0.05, 0) is 12.8 Å². The molecule has 2 heterocycles. The summed E-state index contributed by atoms with van der Waals surface area (Å²) < 4.78 is 7.09. The van der Waals surface area contributed by atoms with Crippen LogP contribution in [0, 0.1) is 5.92 Å². The second kappa shape index (κ2) is 4.72. The summed E-state index contributed by atoms with van der Waals surface area (Å²) in [5, 5.41) is 17.5. The lowest BCUT2D eigenvalue weighted by Crippen LogP contribution is -2.11. The third kappa shape index (κ3) is 2.54. The van der Waals surface area contributed by atoms with Gasteiger partial charge in [0.05, 0.1) is 18.9 Å². The van der Waals surface area contributed by atoms with Crippen molar-refractivity contribution in [2.45, 2.75) is 32.4 Å². The van der Waals surface area contributed by atoms with Crippen LogP contribution in [0.5, 0.6) is 0 Å². The molecule has 1 fully saturated rings. The second-order valence-electron chi connectivity index (χ2n) is 4.02. The molecule has 2 rings (SSSR count). The van der Waals surface area contributed by atoms with Crippen molar-refractivity contribution in [2.75, 3.05) is 13.2 Å². The molecule has 1 N–H and O–H groups in total. The van der Waals surface area contributed by atoms with Crippen molar-refractivity contribution >= 4 is 0 Å². The number of aliphatic hydroxyl groups excluding tert-OH is 1. The van der Waals surface area contributed by atoms with E-state index in [-0.39, 0.29) is 0 Å². The third-order valence-electron chi connectivity index (χ3n) is 2.75. The molecule has 0 spiro atoms. The molecule has 0 amide bonds. The molecule has 1 aromatic rings. The summed E-state index contributed by atoms with van der Waals surface area (Å²) in [6.07, 6.45) is 3.10. The number of aromatic nitrogens is 3. The Bertz CT molecular complexity index is 307. The molecule has 1 aromatic heterocycles. The summed E-state index contributed by atoms with van der Waals surface area (Å²) in [7, 11) is 0. The van der Waals surface area contributed by atoms with Crippen molar-refractivity contribution in [3.05, 3.63) is 11.9 Å². The summed E-state index contributed by atoms with van der Waals surface area (Å²) >= 11 is 0. The Labute approximate surface area is 89.0 Å². The fraction of sp³-hybridized carbons (Fsp3) is 0.800. The Morgan fingerprint density at radius 3 is 3.27 bits per heavy atom. The van der Waals surface area contributed by atoms with Gasteiger partial charge in [-0.3, -0.25) is 4.68 Å². The molecule has 0 saturated carbocycles. The fourth-order valence-corrected chi connectivity index (χ4v) is 1.76. The zero-order chi connectivity index (χ0) is 10.7. The molecule has 1 aliphatic heterocycles. The van der Waals surface area contributed by atoms with Gasteiger partial charge in [-0.2, -0.15) is 0 Å². The Kier molecular flexibility index (Phi) is 3.33. The molecule has 0 bridgehead atoms. The molecule has 84 valence electrons. The lowest BCUT2D eigenvalue weighted by atomic mass is 10.1. The van der Waals surface area contributed by atoms with Crippen molar-refractivity contribution in [1.29, 1.82) is 0 Å². The standard InChI is InChI=1S/C10H17N3O2/c1-2-10(14)9-6-13(12-11-9)5-8-3-4-15-7-8/h6,8,10,14H,2-5,7H2,1H3. The first-order valence-electron chi connectivity index (χ1n) is 5.45. The average Bonchev–Trinajstić information content (AvgIpc) is 2.88. The van der Waals surface area contributed by atoms with E-state index in [2.05, 4.69) is 10.3 Å². The minimum Gasteiger partial charge on any atom is -0.387 e. The van der Waals surface area contributed by atoms with Crippen LogP contribution in [0.25, 0.3) is 0 Å². The maximum Gasteiger partial charge on any atom is 0.111 e. The van der Waals surface area contributed by atoms with E-state index in [0.717, 1.165) is 26.2 Å². The number of hydrogen-bond donors (Lipinski definition) is 1. The van der Waals surface area contributed by atoms with Crippen LogP contribution in [0.3, 0.4) is 0 Å². The molecule has 0 radical (unpaired) electrons. The van der Waals surface area contributed by atoms with Crippen LogP contribution >= 0.6 is 0 Å². The highest BCUT2D eigenvalue weighted by atomic mass is 16.5. The van der Waals surface area contributed by atoms with Crippen molar-refractivity contribution in [1.82, 2.24) is 15.0 Å². The predicted octanol–water partition coefficient (Wildman–Crippen LogP) is 0.758. The zero-order valence-electron chi connectivity index (χ0n) is 8.96. The van der Waals surface area contributed by atoms with Gasteiger partial charge in [-0.25, -0.2) is 0 Å². The first-order valence-corrected chi connectivity index (χ1v) is 5.45. The van der Waals surface area contributed by atoms with E-state index >= 15 is 0 Å². The molecule has 15 heavy (non-hydrogen) atoms. The molecule has 2 unspecified atom stereocenters. The van der Waals surface area contributed by atoms with Gasteiger partial charge >= 0.3 is 0 Å². The SMILES string of the molecule is CCC(O)c1cn(CC2CCOC2)nn1. The van der Waals surface area contributed by atoms with Gasteiger partial charge in [-0.15, -0.1) is 5.10 Å². The highest BCUT2D eigenvalue weighted by Crippen LogP contribution is 2.16. The molecular weight excluding hydrogens is 194 g/mol. The molecule has 5 nitrogen and oxygen atoms in total. The molecule has 2 atom stereocenters. The van der Waals surface area contributed by atoms with E-state index in [1.54, 1.807) is 4.68 Å². The first-order chi connectivity index (χ1) is 7.29. The van der Waals surface area contributed by atoms with Crippen LogP contribution in [0.15, 0.2) is 6.20 Å². The minimum absolute atomic E-state index is 0.487. The highest BCUT2D eigenvalue weighted by Gasteiger charge is 2.17. The lowest BCUT2D eigenvalue weighted by Gasteiger charge is -2.05. The number of ether oxygens (including phenoxy) is 1. The Hall–Kier alpha value is -0.940. The van der Waals surface area contributed by atoms with E-state index in [1.165, 1.54) is 0 Å². The van der Waals surface area contributed by atoms with Crippen LogP contribution in [0.2, 0.25) is 0 Å². The van der Waals surface area contributed by atoms with E-state index in [4.69, 9.17) is 4.74 Å². The van der Waals surface area contributed by atoms with Crippen LogP contribution < -0.4 is 0 Å². The number of aliphatic hydroxyl groups is 1. The maximum atomic E-state index is 9.56. The number of rotatable bonds is 4. The largest absolute Gasteiger partial charge is 0.387 e. The quantitative estimate of drug-likeness (QED) is 0.798. The van der Waals surface area contributed by atoms with Crippen LogP contribution in [-0.4, -0.2) is 33.3 Å². The van der Waals surface area contributed by atoms with Gasteiger partial charge in [0.15, 0.2) is 0 Å². The van der Waals surface area contributed by atoms with Crippen molar-refractivity contribution < 1.29 is 9.84 Å². The van der Waals surface area contributed by atoms with Crippen molar-refractivity contribution in [3.63, 3.8) is 0 Å². The molecule has 1 aliphatic rings. The van der Waals surface area contributed by atoms with E-state index < -0.39 is 6.10 Å². The second-order valence-corrected chi connectivity index (χ2v) is 4.02. The predicted molar refractivity (Wildman–Crippen MR) is 54.2 cm³/mol. The van der Waals surface area contributed by atoms with Gasteiger partial charge in [-0.1, -0.05) is 12.1 Å². The Morgan fingerprint density at radius 2 is 2.60 bits per heavy atom. The van der Waals surface area contributed by atoms with Crippen LogP contribution in [-0.2, 0) is 11.3 Å². The number of hydrogen-bond acceptors (Lipinski definition) is 4. The monoisotopic (exact) mass is 211 g/mol. The van der Waals surface area contributed by atoms with E-state index in [9.17, 15) is 5.11 Å². The summed E-state index contributed by atoms with van der Waals surface area (Å²) in [4.78, 5) is 0. The first kappa shape index (κ1) is 10.6. The van der Waals surface area contributed by atoms with Crippen molar-refractivity contribution in [3.8, 4) is 0 Å². The van der Waals surface area contributed by atoms with Gasteiger partial charge in [0, 0.05) is 19.1 Å². The maximum absolute atomic E-state index is 9.56. The van der Waals surface area contributed by atoms with E-state index in [1.807, 2.05) is 13.1 Å². The molecule has 5 heteroatoms. The summed E-state index contributed by atoms with van der Waals surface area (Å²) in [6, 6.07) is 0. The normalized spacial score (nSPS) is 23.2. The smallest absolute Gasteiger partial charge is 0.111 e. The number of nitrogens with zero attached hydrogens (tertiary/aromatic N) is 3. The van der Waals surface area contributed by atoms with Crippen LogP contribution in [0.1, 0.15) is 31.6 Å². The average molecular weight is 211 g/mol. The summed E-state index contributed by atoms with van der Waals surface area (Å²) in [5.41, 5.74) is 0.663. The highest BCUT2D eigenvalue weighted by molar-refractivity contribution is 4.96. The van der Waals surface area contributed by atoms with Gasteiger partial charge in [0.1, 0.15) is 5.69 Å². The third-order valence-corrected chi connectivity index (χ3v) is 2.75. The lowest BCUT2D eigenvalue weighted by molar-refractivity contribution is 0.168. The van der Waals surface area contributed by atoms with Crippen LogP contribution in [0.4, 0.5) is 0 Å². The van der Waals surface area contributed by atoms with Gasteiger partial charge < -0.3 is 9.84 Å². The van der Waals surface area contributed by atoms with Gasteiger partial charge in [0.25, 0.3) is 0 Å². The Morgan fingerprint density at radius 1 is 1.73 bits per heavy atom. The fourth-order valence-electron chi connectivity index (χ4n) is 1.76. The summed E-state index contributed by atoms with van der Waals surface area (Å²) in [5.74, 6) is 0.540. The van der Waals surface area contributed by atoms with Crippen molar-refractivity contribution in [2.24, 2.45) is 5.92 Å². The molecular formula is C10H17N3O2. The molecule has 0 aliphatic carbocycles. The Balaban J connectivity index is 1.94. The summed E-state index contributed by atoms with van der Waals surface area (Å²) in [6.45, 7) is 4.42. The zero-order valence-corrected chi connectivity index (χ0v) is 8.96.